The first-order valence-corrected chi connectivity index (χ1v) is 4.68. The average molecular weight is 236 g/mol. The van der Waals surface area contributed by atoms with Crippen LogP contribution in [0.3, 0.4) is 0 Å². The van der Waals surface area contributed by atoms with E-state index < -0.39 is 11.9 Å². The van der Waals surface area contributed by atoms with Crippen LogP contribution in [-0.4, -0.2) is 33.4 Å². The fraction of sp³-hybridized carbons (Fsp3) is 0.800. The maximum atomic E-state index is 9.10. The van der Waals surface area contributed by atoms with Gasteiger partial charge in [-0.1, -0.05) is 0 Å². The maximum absolute atomic E-state index is 9.10. The van der Waals surface area contributed by atoms with E-state index in [0.717, 1.165) is 0 Å². The molecule has 96 valence electrons. The molecule has 0 spiro atoms. The Morgan fingerprint density at radius 1 is 0.750 bits per heavy atom. The highest BCUT2D eigenvalue weighted by atomic mass is 17.2. The third kappa shape index (κ3) is 18.6. The van der Waals surface area contributed by atoms with E-state index in [1.807, 2.05) is 41.5 Å². The normalized spacial score (nSPS) is 11.4. The van der Waals surface area contributed by atoms with Gasteiger partial charge in [-0.25, -0.2) is 19.4 Å². The number of aliphatic carboxylic acids is 2. The van der Waals surface area contributed by atoms with E-state index in [0.29, 0.717) is 0 Å². The molecule has 0 aliphatic rings. The molecule has 0 aliphatic carbocycles. The van der Waals surface area contributed by atoms with Gasteiger partial charge >= 0.3 is 11.9 Å². The van der Waals surface area contributed by atoms with E-state index in [2.05, 4.69) is 0 Å². The molecule has 0 atom stereocenters. The number of carboxylic acid groups (broad SMARTS) is 2. The van der Waals surface area contributed by atoms with Crippen LogP contribution < -0.4 is 0 Å². The van der Waals surface area contributed by atoms with Gasteiger partial charge in [0.1, 0.15) is 0 Å². The predicted octanol–water partition coefficient (Wildman–Crippen LogP) is 1.69. The first-order valence-electron chi connectivity index (χ1n) is 4.68. The van der Waals surface area contributed by atoms with E-state index in [-0.39, 0.29) is 11.2 Å². The summed E-state index contributed by atoms with van der Waals surface area (Å²) < 4.78 is 0. The van der Waals surface area contributed by atoms with Crippen molar-refractivity contribution in [2.75, 3.05) is 0 Å². The largest absolute Gasteiger partial charge is 0.473 e. The molecule has 0 aromatic rings. The molecule has 0 heterocycles. The van der Waals surface area contributed by atoms with Crippen LogP contribution in [-0.2, 0) is 19.4 Å². The van der Waals surface area contributed by atoms with Crippen LogP contribution in [0.2, 0.25) is 0 Å². The molecule has 0 unspecified atom stereocenters. The first kappa shape index (κ1) is 17.3. The van der Waals surface area contributed by atoms with Crippen molar-refractivity contribution in [2.24, 2.45) is 0 Å². The lowest BCUT2D eigenvalue weighted by Crippen LogP contribution is -2.27. The minimum atomic E-state index is -1.82. The standard InChI is InChI=1S/C8H18O2.C2H2O4/c1-7(2,3)9-10-8(4,5)6;3-1(4)2(5)6/h1-6H3;(H,3,4)(H,5,6). The van der Waals surface area contributed by atoms with Gasteiger partial charge in [0.2, 0.25) is 0 Å². The summed E-state index contributed by atoms with van der Waals surface area (Å²) in [5, 5.41) is 14.8. The minimum Gasteiger partial charge on any atom is -0.473 e. The molecule has 6 heteroatoms. The van der Waals surface area contributed by atoms with Crippen molar-refractivity contribution >= 4 is 11.9 Å². The van der Waals surface area contributed by atoms with Gasteiger partial charge in [0.25, 0.3) is 0 Å². The van der Waals surface area contributed by atoms with Crippen molar-refractivity contribution in [3.63, 3.8) is 0 Å². The van der Waals surface area contributed by atoms with Gasteiger partial charge in [-0.05, 0) is 41.5 Å². The molecule has 0 rings (SSSR count). The summed E-state index contributed by atoms with van der Waals surface area (Å²) in [5.74, 6) is -3.65. The second-order valence-electron chi connectivity index (χ2n) is 5.00. The number of hydrogen-bond donors (Lipinski definition) is 2. The van der Waals surface area contributed by atoms with Gasteiger partial charge in [-0.15, -0.1) is 0 Å². The van der Waals surface area contributed by atoms with E-state index in [1.54, 1.807) is 0 Å². The summed E-state index contributed by atoms with van der Waals surface area (Å²) in [6.45, 7) is 11.7. The highest BCUT2D eigenvalue weighted by Crippen LogP contribution is 2.14. The molecule has 0 amide bonds. The summed E-state index contributed by atoms with van der Waals surface area (Å²) in [6, 6.07) is 0. The SMILES string of the molecule is CC(C)(C)OOC(C)(C)C.O=C(O)C(=O)O. The summed E-state index contributed by atoms with van der Waals surface area (Å²) in [7, 11) is 0. The summed E-state index contributed by atoms with van der Waals surface area (Å²) in [4.78, 5) is 28.4. The Kier molecular flexibility index (Phi) is 6.95. The van der Waals surface area contributed by atoms with Gasteiger partial charge < -0.3 is 10.2 Å². The molecule has 0 radical (unpaired) electrons. The minimum absolute atomic E-state index is 0.215. The summed E-state index contributed by atoms with van der Waals surface area (Å²) in [5.41, 5.74) is -0.430. The zero-order chi connectivity index (χ0) is 13.6. The molecule has 16 heavy (non-hydrogen) atoms. The Labute approximate surface area is 95.1 Å². The lowest BCUT2D eigenvalue weighted by molar-refractivity contribution is -0.393. The number of hydrogen-bond acceptors (Lipinski definition) is 4. The van der Waals surface area contributed by atoms with E-state index in [4.69, 9.17) is 29.6 Å². The molecule has 0 saturated carbocycles. The Balaban J connectivity index is 0. The van der Waals surface area contributed by atoms with Gasteiger partial charge in [0.05, 0.1) is 11.2 Å². The van der Waals surface area contributed by atoms with Crippen LogP contribution in [0.4, 0.5) is 0 Å². The quantitative estimate of drug-likeness (QED) is 0.409. The molecule has 0 aliphatic heterocycles. The van der Waals surface area contributed by atoms with Gasteiger partial charge in [-0.3, -0.25) is 0 Å². The highest BCUT2D eigenvalue weighted by Gasteiger charge is 2.18. The van der Waals surface area contributed by atoms with Crippen molar-refractivity contribution in [3.8, 4) is 0 Å². The van der Waals surface area contributed by atoms with E-state index in [9.17, 15) is 0 Å². The molecule has 0 aromatic heterocycles. The molecule has 0 fully saturated rings. The van der Waals surface area contributed by atoms with Gasteiger partial charge in [-0.2, -0.15) is 0 Å². The monoisotopic (exact) mass is 236 g/mol. The predicted molar refractivity (Wildman–Crippen MR) is 56.9 cm³/mol. The van der Waals surface area contributed by atoms with Crippen LogP contribution in [0, 0.1) is 0 Å². The molecule has 6 nitrogen and oxygen atoms in total. The van der Waals surface area contributed by atoms with Crippen molar-refractivity contribution in [1.29, 1.82) is 0 Å². The molecular weight excluding hydrogens is 216 g/mol. The van der Waals surface area contributed by atoms with Crippen LogP contribution in [0.15, 0.2) is 0 Å². The molecule has 0 aromatic carbocycles. The first-order chi connectivity index (χ1) is 6.85. The lowest BCUT2D eigenvalue weighted by Gasteiger charge is -2.24. The summed E-state index contributed by atoms with van der Waals surface area (Å²) in [6.07, 6.45) is 0. The summed E-state index contributed by atoms with van der Waals surface area (Å²) >= 11 is 0. The zero-order valence-corrected chi connectivity index (χ0v) is 10.5. The van der Waals surface area contributed by atoms with E-state index >= 15 is 0 Å². The van der Waals surface area contributed by atoms with Crippen LogP contribution in [0.1, 0.15) is 41.5 Å². The van der Waals surface area contributed by atoms with Crippen molar-refractivity contribution in [2.45, 2.75) is 52.7 Å². The zero-order valence-electron chi connectivity index (χ0n) is 10.5. The number of rotatable bonds is 1. The lowest BCUT2D eigenvalue weighted by atomic mass is 10.2. The number of carbonyl (C=O) groups is 2. The Bertz CT molecular complexity index is 207. The Hall–Kier alpha value is -1.14. The Morgan fingerprint density at radius 3 is 1.00 bits per heavy atom. The van der Waals surface area contributed by atoms with Gasteiger partial charge in [0.15, 0.2) is 0 Å². The van der Waals surface area contributed by atoms with Crippen LogP contribution in [0.5, 0.6) is 0 Å². The second-order valence-corrected chi connectivity index (χ2v) is 5.00. The molecular formula is C10H20O6. The Morgan fingerprint density at radius 2 is 0.938 bits per heavy atom. The molecule has 2 N–H and O–H groups in total. The molecule has 0 bridgehead atoms. The smallest absolute Gasteiger partial charge is 0.414 e. The van der Waals surface area contributed by atoms with Crippen molar-refractivity contribution in [3.05, 3.63) is 0 Å². The van der Waals surface area contributed by atoms with Crippen molar-refractivity contribution < 1.29 is 29.6 Å². The van der Waals surface area contributed by atoms with Gasteiger partial charge in [0, 0.05) is 0 Å². The maximum Gasteiger partial charge on any atom is 0.414 e. The number of carboxylic acids is 2. The third-order valence-electron chi connectivity index (χ3n) is 0.725. The topological polar surface area (TPSA) is 93.1 Å². The van der Waals surface area contributed by atoms with Crippen LogP contribution >= 0.6 is 0 Å². The van der Waals surface area contributed by atoms with E-state index in [1.165, 1.54) is 0 Å². The fourth-order valence-electron chi connectivity index (χ4n) is 0.250. The van der Waals surface area contributed by atoms with Crippen LogP contribution in [0.25, 0.3) is 0 Å². The highest BCUT2D eigenvalue weighted by molar-refractivity contribution is 6.27. The average Bonchev–Trinajstić information content (AvgIpc) is 1.99. The van der Waals surface area contributed by atoms with Crippen molar-refractivity contribution in [1.82, 2.24) is 0 Å². The third-order valence-corrected chi connectivity index (χ3v) is 0.725. The second kappa shape index (κ2) is 6.44. The fourth-order valence-corrected chi connectivity index (χ4v) is 0.250. The molecule has 0 saturated heterocycles.